The molecule has 2 aliphatic heterocycles. The molecule has 8 heteroatoms. The van der Waals surface area contributed by atoms with Gasteiger partial charge in [-0.1, -0.05) is 19.1 Å². The number of nitrogens with one attached hydrogen (secondary N) is 1. The van der Waals surface area contributed by atoms with Crippen LogP contribution in [0.2, 0.25) is 0 Å². The van der Waals surface area contributed by atoms with E-state index in [1.54, 1.807) is 12.0 Å². The van der Waals surface area contributed by atoms with Gasteiger partial charge in [0, 0.05) is 50.8 Å². The van der Waals surface area contributed by atoms with Crippen molar-refractivity contribution in [3.63, 3.8) is 0 Å². The van der Waals surface area contributed by atoms with Crippen LogP contribution in [0.1, 0.15) is 56.8 Å². The Balaban J connectivity index is 1.38. The number of ether oxygens (including phenoxy) is 2. The molecule has 2 aliphatic rings. The molecule has 0 radical (unpaired) electrons. The van der Waals surface area contributed by atoms with Crippen LogP contribution in [0.25, 0.3) is 0 Å². The second-order valence-corrected chi connectivity index (χ2v) is 10.6. The van der Waals surface area contributed by atoms with Crippen LogP contribution in [0.3, 0.4) is 0 Å². The zero-order valence-electron chi connectivity index (χ0n) is 21.5. The summed E-state index contributed by atoms with van der Waals surface area (Å²) in [6.45, 7) is 10.8. The first-order chi connectivity index (χ1) is 16.6. The monoisotopic (exact) mass is 479 g/mol. The molecule has 0 spiro atoms. The van der Waals surface area contributed by atoms with Crippen molar-refractivity contribution in [2.24, 2.45) is 5.92 Å². The first kappa shape index (κ1) is 25.1. The fourth-order valence-corrected chi connectivity index (χ4v) is 4.75. The summed E-state index contributed by atoms with van der Waals surface area (Å²) in [7, 11) is 1.79. The molecule has 1 fully saturated rings. The van der Waals surface area contributed by atoms with E-state index in [2.05, 4.69) is 28.9 Å². The van der Waals surface area contributed by atoms with Crippen LogP contribution < -0.4 is 4.90 Å². The van der Waals surface area contributed by atoms with Gasteiger partial charge in [0.1, 0.15) is 11.4 Å². The normalized spacial score (nSPS) is 20.4. The molecule has 0 saturated carbocycles. The molecule has 8 nitrogen and oxygen atoms in total. The number of methoxy groups -OCH3 is 1. The number of aromatic nitrogens is 2. The van der Waals surface area contributed by atoms with E-state index < -0.39 is 5.60 Å². The van der Waals surface area contributed by atoms with E-state index in [9.17, 15) is 4.79 Å². The van der Waals surface area contributed by atoms with Crippen molar-refractivity contribution in [3.05, 3.63) is 53.1 Å². The number of carbonyl (C=O) groups excluding carboxylic acids is 1. The molecule has 35 heavy (non-hydrogen) atoms. The van der Waals surface area contributed by atoms with Crippen LogP contribution in [-0.2, 0) is 28.9 Å². The number of hydrogen-bond donors (Lipinski definition) is 1. The molecule has 2 atom stereocenters. The van der Waals surface area contributed by atoms with E-state index in [0.717, 1.165) is 36.3 Å². The van der Waals surface area contributed by atoms with Crippen LogP contribution in [0.5, 0.6) is 0 Å². The van der Waals surface area contributed by atoms with Crippen molar-refractivity contribution in [3.8, 4) is 0 Å². The first-order valence-corrected chi connectivity index (χ1v) is 12.4. The number of fused-ring (bicyclic) bond motifs is 1. The Bertz CT molecular complexity index is 1060. The highest BCUT2D eigenvalue weighted by atomic mass is 16.6. The zero-order valence-corrected chi connectivity index (χ0v) is 21.5. The summed E-state index contributed by atoms with van der Waals surface area (Å²) >= 11 is 0. The van der Waals surface area contributed by atoms with E-state index in [4.69, 9.17) is 19.9 Å². The minimum Gasteiger partial charge on any atom is -0.444 e. The van der Waals surface area contributed by atoms with Gasteiger partial charge in [0.25, 0.3) is 0 Å². The highest BCUT2D eigenvalue weighted by Crippen LogP contribution is 2.25. The zero-order chi connectivity index (χ0) is 25.2. The smallest absolute Gasteiger partial charge is 0.410 e. The number of nitrogens with zero attached hydrogens (tertiary/aromatic N) is 4. The molecule has 0 bridgehead atoms. The van der Waals surface area contributed by atoms with Gasteiger partial charge in [0.2, 0.25) is 0 Å². The van der Waals surface area contributed by atoms with Crippen LogP contribution in [-0.4, -0.2) is 65.1 Å². The fourth-order valence-electron chi connectivity index (χ4n) is 4.75. The Morgan fingerprint density at radius 1 is 1.20 bits per heavy atom. The van der Waals surface area contributed by atoms with Crippen molar-refractivity contribution in [2.45, 2.75) is 65.2 Å². The van der Waals surface area contributed by atoms with Gasteiger partial charge < -0.3 is 24.7 Å². The predicted octanol–water partition coefficient (Wildman–Crippen LogP) is 4.24. The van der Waals surface area contributed by atoms with Gasteiger partial charge in [-0.3, -0.25) is 0 Å². The minimum atomic E-state index is -0.530. The SMILES string of the molecule is COC1CCN(c2ccc(C(=N)Cc3ncc4c(n3)CN(C(=O)OC(C)(C)C)CC4)cc2)C[C@H]1C. The molecule has 0 aliphatic carbocycles. The average molecular weight is 480 g/mol. The predicted molar refractivity (Wildman–Crippen MR) is 136 cm³/mol. The third-order valence-corrected chi connectivity index (χ3v) is 6.69. The topological polar surface area (TPSA) is 91.6 Å². The van der Waals surface area contributed by atoms with Crippen molar-refractivity contribution < 1.29 is 14.3 Å². The molecule has 1 unspecified atom stereocenters. The van der Waals surface area contributed by atoms with Gasteiger partial charge in [-0.2, -0.15) is 0 Å². The van der Waals surface area contributed by atoms with Gasteiger partial charge >= 0.3 is 6.09 Å². The van der Waals surface area contributed by atoms with Gasteiger partial charge in [0.05, 0.1) is 18.3 Å². The standard InChI is InChI=1S/C27H37N5O3/c1-18-16-31(13-11-24(18)34-5)21-8-6-19(7-9-21)22(28)14-25-29-15-20-10-12-32(17-23(20)30-25)26(33)35-27(2,3)4/h6-9,15,18,24,28H,10-14,16-17H2,1-5H3/t18-,24?/m1/s1. The van der Waals surface area contributed by atoms with Crippen LogP contribution >= 0.6 is 0 Å². The Kier molecular flexibility index (Phi) is 7.40. The third kappa shape index (κ3) is 6.17. The van der Waals surface area contributed by atoms with Gasteiger partial charge in [-0.25, -0.2) is 14.8 Å². The van der Waals surface area contributed by atoms with Crippen molar-refractivity contribution in [1.29, 1.82) is 5.41 Å². The second kappa shape index (κ2) is 10.3. The number of rotatable bonds is 5. The molecule has 3 heterocycles. The summed E-state index contributed by atoms with van der Waals surface area (Å²) in [4.78, 5) is 25.7. The van der Waals surface area contributed by atoms with E-state index in [0.29, 0.717) is 49.5 Å². The van der Waals surface area contributed by atoms with Gasteiger partial charge in [-0.15, -0.1) is 0 Å². The molecular weight excluding hydrogens is 442 g/mol. The van der Waals surface area contributed by atoms with E-state index in [1.807, 2.05) is 39.1 Å². The quantitative estimate of drug-likeness (QED) is 0.645. The Morgan fingerprint density at radius 2 is 1.94 bits per heavy atom. The molecule has 1 aromatic carbocycles. The Morgan fingerprint density at radius 3 is 2.60 bits per heavy atom. The van der Waals surface area contributed by atoms with Crippen molar-refractivity contribution in [2.75, 3.05) is 31.6 Å². The summed E-state index contributed by atoms with van der Waals surface area (Å²) in [6, 6.07) is 8.20. The largest absolute Gasteiger partial charge is 0.444 e. The highest BCUT2D eigenvalue weighted by molar-refractivity contribution is 5.99. The lowest BCUT2D eigenvalue weighted by atomic mass is 9.96. The van der Waals surface area contributed by atoms with Crippen LogP contribution in [0, 0.1) is 11.3 Å². The number of carbonyl (C=O) groups is 1. The van der Waals surface area contributed by atoms with Gasteiger partial charge in [-0.05, 0) is 62.8 Å². The second-order valence-electron chi connectivity index (χ2n) is 10.6. The number of piperidine rings is 1. The summed E-state index contributed by atoms with van der Waals surface area (Å²) in [5.74, 6) is 1.08. The maximum atomic E-state index is 12.5. The van der Waals surface area contributed by atoms with E-state index in [1.165, 1.54) is 5.69 Å². The lowest BCUT2D eigenvalue weighted by Gasteiger charge is -2.37. The third-order valence-electron chi connectivity index (χ3n) is 6.69. The van der Waals surface area contributed by atoms with Crippen molar-refractivity contribution in [1.82, 2.24) is 14.9 Å². The molecule has 4 rings (SSSR count). The number of anilines is 1. The molecule has 2 aromatic rings. The highest BCUT2D eigenvalue weighted by Gasteiger charge is 2.28. The van der Waals surface area contributed by atoms with Gasteiger partial charge in [0.15, 0.2) is 0 Å². The number of hydrogen-bond acceptors (Lipinski definition) is 7. The van der Waals surface area contributed by atoms with E-state index in [-0.39, 0.29) is 6.09 Å². The van der Waals surface area contributed by atoms with E-state index >= 15 is 0 Å². The lowest BCUT2D eigenvalue weighted by molar-refractivity contribution is 0.0220. The Labute approximate surface area is 208 Å². The Hall–Kier alpha value is -3.00. The van der Waals surface area contributed by atoms with Crippen molar-refractivity contribution >= 4 is 17.5 Å². The lowest BCUT2D eigenvalue weighted by Crippen LogP contribution is -2.42. The summed E-state index contributed by atoms with van der Waals surface area (Å²) in [5, 5.41) is 8.62. The number of benzene rings is 1. The summed E-state index contributed by atoms with van der Waals surface area (Å²) in [5.41, 5.74) is 3.88. The molecule has 188 valence electrons. The first-order valence-electron chi connectivity index (χ1n) is 12.4. The molecule has 1 amide bonds. The van der Waals surface area contributed by atoms with Crippen LogP contribution in [0.15, 0.2) is 30.5 Å². The minimum absolute atomic E-state index is 0.322. The fraction of sp³-hybridized carbons (Fsp3) is 0.556. The number of amides is 1. The molecule has 1 N–H and O–H groups in total. The summed E-state index contributed by atoms with van der Waals surface area (Å²) in [6.07, 6.45) is 3.91. The molecule has 1 aromatic heterocycles. The maximum Gasteiger partial charge on any atom is 0.410 e. The maximum absolute atomic E-state index is 12.5. The molecular formula is C27H37N5O3. The molecule has 1 saturated heterocycles. The van der Waals surface area contributed by atoms with Crippen LogP contribution in [0.4, 0.5) is 10.5 Å². The summed E-state index contributed by atoms with van der Waals surface area (Å²) < 4.78 is 11.1. The average Bonchev–Trinajstić information content (AvgIpc) is 2.82.